The van der Waals surface area contributed by atoms with Gasteiger partial charge in [-0.1, -0.05) is 36.4 Å². The number of ether oxygens (including phenoxy) is 1. The highest BCUT2D eigenvalue weighted by Crippen LogP contribution is 2.46. The lowest BCUT2D eigenvalue weighted by Crippen LogP contribution is -2.47. The number of nitrogens with two attached hydrogens (primary N) is 1. The van der Waals surface area contributed by atoms with Crippen LogP contribution in [0.25, 0.3) is 0 Å². The van der Waals surface area contributed by atoms with E-state index in [-0.39, 0.29) is 30.8 Å². The van der Waals surface area contributed by atoms with Crippen molar-refractivity contribution in [1.82, 2.24) is 9.80 Å². The van der Waals surface area contributed by atoms with Crippen molar-refractivity contribution < 1.29 is 23.9 Å². The van der Waals surface area contributed by atoms with Gasteiger partial charge in [0.2, 0.25) is 17.4 Å². The van der Waals surface area contributed by atoms with Crippen LogP contribution in [0.5, 0.6) is 0 Å². The van der Waals surface area contributed by atoms with Crippen molar-refractivity contribution in [3.63, 3.8) is 0 Å². The first-order valence-electron chi connectivity index (χ1n) is 13.1. The Morgan fingerprint density at radius 2 is 1.89 bits per heavy atom. The second kappa shape index (κ2) is 9.54. The molecule has 2 aromatic carbocycles. The van der Waals surface area contributed by atoms with Crippen molar-refractivity contribution in [3.05, 3.63) is 65.2 Å². The molecule has 2 aromatic rings. The van der Waals surface area contributed by atoms with Gasteiger partial charge >= 0.3 is 6.09 Å². The molecule has 3 N–H and O–H groups in total. The number of carbonyl (C=O) groups is 4. The predicted molar refractivity (Wildman–Crippen MR) is 141 cm³/mol. The summed E-state index contributed by atoms with van der Waals surface area (Å²) in [6.45, 7) is 5.31. The van der Waals surface area contributed by atoms with E-state index in [1.165, 1.54) is 0 Å². The number of nitrogens with zero attached hydrogens (tertiary/aromatic N) is 2. The minimum atomic E-state index is -1.45. The summed E-state index contributed by atoms with van der Waals surface area (Å²) in [5.41, 5.74) is 6.32. The molecule has 0 bridgehead atoms. The Hall–Kier alpha value is -3.72. The van der Waals surface area contributed by atoms with Crippen LogP contribution in [0.1, 0.15) is 56.7 Å². The van der Waals surface area contributed by atoms with Crippen LogP contribution in [-0.4, -0.2) is 51.7 Å². The van der Waals surface area contributed by atoms with Gasteiger partial charge in [-0.3, -0.25) is 14.4 Å². The van der Waals surface area contributed by atoms with Crippen molar-refractivity contribution in [3.8, 4) is 0 Å². The molecule has 3 aliphatic rings. The minimum absolute atomic E-state index is 0.00438. The average Bonchev–Trinajstić information content (AvgIpc) is 3.63. The van der Waals surface area contributed by atoms with E-state index in [2.05, 4.69) is 5.32 Å². The third kappa shape index (κ3) is 4.78. The number of anilines is 1. The van der Waals surface area contributed by atoms with Crippen LogP contribution >= 0.6 is 0 Å². The van der Waals surface area contributed by atoms with Crippen molar-refractivity contribution in [1.29, 1.82) is 0 Å². The molecule has 1 heterocycles. The molecule has 0 aromatic heterocycles. The molecule has 2 unspecified atom stereocenters. The van der Waals surface area contributed by atoms with Gasteiger partial charge < -0.3 is 20.7 Å². The summed E-state index contributed by atoms with van der Waals surface area (Å²) < 4.78 is 5.71. The zero-order valence-corrected chi connectivity index (χ0v) is 22.0. The molecule has 5 rings (SSSR count). The lowest BCUT2D eigenvalue weighted by Gasteiger charge is -2.30. The first-order valence-corrected chi connectivity index (χ1v) is 13.1. The van der Waals surface area contributed by atoms with Gasteiger partial charge in [0.25, 0.3) is 5.91 Å². The molecular formula is C29H34N4O5. The fourth-order valence-corrected chi connectivity index (χ4v) is 5.32. The van der Waals surface area contributed by atoms with Crippen LogP contribution in [0.4, 0.5) is 10.5 Å². The molecule has 1 aliphatic heterocycles. The normalized spacial score (nSPS) is 21.3. The van der Waals surface area contributed by atoms with Crippen LogP contribution in [0.15, 0.2) is 48.5 Å². The molecule has 1 spiro atoms. The van der Waals surface area contributed by atoms with Gasteiger partial charge in [-0.25, -0.2) is 9.69 Å². The fraction of sp³-hybridized carbons (Fsp3) is 0.448. The van der Waals surface area contributed by atoms with Crippen LogP contribution in [-0.2, 0) is 37.7 Å². The molecule has 2 aliphatic carbocycles. The molecule has 2 atom stereocenters. The predicted octanol–water partition coefficient (Wildman–Crippen LogP) is 3.31. The lowest BCUT2D eigenvalue weighted by molar-refractivity contribution is -0.143. The zero-order chi connectivity index (χ0) is 27.2. The topological polar surface area (TPSA) is 122 Å². The van der Waals surface area contributed by atoms with E-state index in [1.807, 2.05) is 37.3 Å². The van der Waals surface area contributed by atoms with Crippen LogP contribution < -0.4 is 11.1 Å². The number of hydrogen-bond acceptors (Lipinski definition) is 6. The third-order valence-electron chi connectivity index (χ3n) is 7.81. The molecule has 9 nitrogen and oxygen atoms in total. The Labute approximate surface area is 222 Å². The SMILES string of the molecule is CC(C1CC1)N(Cc1ccccc1)C(=O)CN1C(=O)OC2(CCc3cc(NC(=O)C(C)(C)N)ccc32)C1=O. The monoisotopic (exact) mass is 518 g/mol. The number of benzene rings is 2. The van der Waals surface area contributed by atoms with E-state index in [9.17, 15) is 19.2 Å². The van der Waals surface area contributed by atoms with Crippen molar-refractivity contribution >= 4 is 29.5 Å². The van der Waals surface area contributed by atoms with Crippen molar-refractivity contribution in [2.24, 2.45) is 11.7 Å². The fourth-order valence-electron chi connectivity index (χ4n) is 5.32. The Morgan fingerprint density at radius 3 is 2.55 bits per heavy atom. The van der Waals surface area contributed by atoms with Gasteiger partial charge in [0, 0.05) is 30.3 Å². The van der Waals surface area contributed by atoms with E-state index >= 15 is 0 Å². The molecule has 4 amide bonds. The second-order valence-corrected chi connectivity index (χ2v) is 11.2. The smallest absolute Gasteiger partial charge is 0.418 e. The number of rotatable bonds is 8. The first-order chi connectivity index (χ1) is 18.0. The molecule has 1 saturated heterocycles. The van der Waals surface area contributed by atoms with Gasteiger partial charge in [0.05, 0.1) is 5.54 Å². The standard InChI is InChI=1S/C29H34N4O5/c1-18(20-9-10-20)32(16-19-7-5-4-6-8-19)24(34)17-33-26(36)29(38-27(33)37)14-13-21-15-22(11-12-23(21)29)31-25(35)28(2,3)30/h4-8,11-12,15,18,20H,9-10,13-14,16-17,30H2,1-3H3,(H,31,35). The van der Waals surface area contributed by atoms with Crippen molar-refractivity contribution in [2.45, 2.75) is 70.2 Å². The summed E-state index contributed by atoms with van der Waals surface area (Å²) in [6.07, 6.45) is 2.09. The van der Waals surface area contributed by atoms with Gasteiger partial charge in [-0.15, -0.1) is 0 Å². The number of carbonyl (C=O) groups excluding carboxylic acids is 4. The van der Waals surface area contributed by atoms with Gasteiger partial charge in [-0.05, 0) is 69.2 Å². The number of hydrogen-bond donors (Lipinski definition) is 2. The Balaban J connectivity index is 1.34. The summed E-state index contributed by atoms with van der Waals surface area (Å²) in [5, 5.41) is 2.79. The highest BCUT2D eigenvalue weighted by Gasteiger charge is 2.58. The molecule has 9 heteroatoms. The average molecular weight is 519 g/mol. The molecular weight excluding hydrogens is 484 g/mol. The highest BCUT2D eigenvalue weighted by molar-refractivity contribution is 6.06. The van der Waals surface area contributed by atoms with Crippen LogP contribution in [0, 0.1) is 5.92 Å². The van der Waals surface area contributed by atoms with Crippen LogP contribution in [0.2, 0.25) is 0 Å². The molecule has 1 saturated carbocycles. The number of amides is 4. The van der Waals surface area contributed by atoms with Gasteiger partial charge in [0.1, 0.15) is 6.54 Å². The maximum Gasteiger partial charge on any atom is 0.418 e. The Bertz CT molecular complexity index is 1280. The molecule has 2 fully saturated rings. The van der Waals surface area contributed by atoms with E-state index in [0.29, 0.717) is 30.1 Å². The second-order valence-electron chi connectivity index (χ2n) is 11.2. The maximum absolute atomic E-state index is 13.7. The van der Waals surface area contributed by atoms with E-state index < -0.39 is 23.1 Å². The summed E-state index contributed by atoms with van der Waals surface area (Å²) in [5.74, 6) is -0.709. The number of nitrogens with one attached hydrogen (secondary N) is 1. The first kappa shape index (κ1) is 25.9. The van der Waals surface area contributed by atoms with Gasteiger partial charge in [0.15, 0.2) is 0 Å². The number of aryl methyl sites for hydroxylation is 1. The van der Waals surface area contributed by atoms with Crippen LogP contribution in [0.3, 0.4) is 0 Å². The third-order valence-corrected chi connectivity index (χ3v) is 7.81. The van der Waals surface area contributed by atoms with E-state index in [1.54, 1.807) is 36.9 Å². The van der Waals surface area contributed by atoms with Crippen molar-refractivity contribution in [2.75, 3.05) is 11.9 Å². The quantitative estimate of drug-likeness (QED) is 0.553. The maximum atomic E-state index is 13.7. The van der Waals surface area contributed by atoms with E-state index in [0.717, 1.165) is 28.9 Å². The molecule has 200 valence electrons. The number of fused-ring (bicyclic) bond motifs is 2. The largest absolute Gasteiger partial charge is 0.427 e. The Kier molecular flexibility index (Phi) is 6.51. The van der Waals surface area contributed by atoms with E-state index in [4.69, 9.17) is 10.5 Å². The number of imide groups is 1. The Morgan fingerprint density at radius 1 is 1.18 bits per heavy atom. The summed E-state index contributed by atoms with van der Waals surface area (Å²) in [4.78, 5) is 55.1. The van der Waals surface area contributed by atoms with Gasteiger partial charge in [-0.2, -0.15) is 0 Å². The molecule has 38 heavy (non-hydrogen) atoms. The zero-order valence-electron chi connectivity index (χ0n) is 22.0. The summed E-state index contributed by atoms with van der Waals surface area (Å²) in [6, 6.07) is 14.9. The lowest BCUT2D eigenvalue weighted by atomic mass is 9.94. The highest BCUT2D eigenvalue weighted by atomic mass is 16.6. The summed E-state index contributed by atoms with van der Waals surface area (Å²) >= 11 is 0. The summed E-state index contributed by atoms with van der Waals surface area (Å²) in [7, 11) is 0. The molecule has 0 radical (unpaired) electrons. The minimum Gasteiger partial charge on any atom is -0.427 e.